The van der Waals surface area contributed by atoms with Gasteiger partial charge in [-0.3, -0.25) is 4.79 Å². The summed E-state index contributed by atoms with van der Waals surface area (Å²) < 4.78 is 24.2. The molecule has 20 rings (SSSR count). The number of aliphatic hydroxyl groups excluding tert-OH is 2. The molecule has 1 unspecified atom stereocenters. The summed E-state index contributed by atoms with van der Waals surface area (Å²) in [5, 5.41) is 49.8. The number of carbonyl (C=O) groups is 1. The van der Waals surface area contributed by atoms with Gasteiger partial charge in [-0.25, -0.2) is 34.9 Å². The Labute approximate surface area is 857 Å². The van der Waals surface area contributed by atoms with Gasteiger partial charge in [-0.1, -0.05) is 60.7 Å². The summed E-state index contributed by atoms with van der Waals surface area (Å²) in [6, 6.07) is 69.0. The third-order valence-corrected chi connectivity index (χ3v) is 28.2. The van der Waals surface area contributed by atoms with E-state index in [1.807, 2.05) is 133 Å². The highest BCUT2D eigenvalue weighted by Gasteiger charge is 2.25. The summed E-state index contributed by atoms with van der Waals surface area (Å²) in [6.45, 7) is 17.8. The molecule has 0 bridgehead atoms. The zero-order chi connectivity index (χ0) is 101. The van der Waals surface area contributed by atoms with E-state index in [4.69, 9.17) is 47.6 Å². The number of nitrogens with one attached hydrogen (secondary N) is 6. The van der Waals surface area contributed by atoms with Crippen LogP contribution in [0.3, 0.4) is 0 Å². The molecule has 1 amide bonds. The summed E-state index contributed by atoms with van der Waals surface area (Å²) in [4.78, 5) is 53.7. The Morgan fingerprint density at radius 2 is 0.685 bits per heavy atom. The van der Waals surface area contributed by atoms with E-state index in [1.54, 1.807) is 43.4 Å². The summed E-state index contributed by atoms with van der Waals surface area (Å²) >= 11 is 0. The second-order valence-corrected chi connectivity index (χ2v) is 39.4. The van der Waals surface area contributed by atoms with Gasteiger partial charge in [-0.15, -0.1) is 0 Å². The summed E-state index contributed by atoms with van der Waals surface area (Å²) in [6.07, 6.45) is 24.3. The SMILES string of the molecule is CN1CCC(COc2ccc(NCc3ccc4c(N)nccc4c3)cc2)CC1.CN1CCC(COc2ccc(NCc3ccc4c(N)nccc4c3)cc2CCO)CC1.CN1CCC(COc2ccc(NCc3ccc4c(N)nccc4c3)cc2CO)CC1.CN1CCC(NC(=O)c2ccc(NCc3ccc4c(N)nccc4c3)nc2)CC1.CN1CCCC(COc2ccc(NCc3ccc4c(N)nccc4c3)nc2)C1. The minimum absolute atomic E-state index is 0.0412. The molecule has 0 aliphatic carbocycles. The molecular formula is C116H143N23O7. The number of hydrogen-bond acceptors (Lipinski definition) is 29. The van der Waals surface area contributed by atoms with Gasteiger partial charge in [-0.05, 0) is 388 Å². The molecule has 8 aromatic carbocycles. The van der Waals surface area contributed by atoms with Crippen LogP contribution in [0.1, 0.15) is 114 Å². The molecule has 764 valence electrons. The highest BCUT2D eigenvalue weighted by Crippen LogP contribution is 2.34. The number of fused-ring (bicyclic) bond motifs is 5. The van der Waals surface area contributed by atoms with Gasteiger partial charge in [0, 0.05) is 145 Å². The first-order valence-electron chi connectivity index (χ1n) is 51.3. The van der Waals surface area contributed by atoms with E-state index in [-0.39, 0.29) is 25.2 Å². The highest BCUT2D eigenvalue weighted by molar-refractivity contribution is 5.96. The normalized spacial score (nSPS) is 15.8. The molecule has 5 fully saturated rings. The molecule has 5 aliphatic heterocycles. The van der Waals surface area contributed by atoms with E-state index < -0.39 is 0 Å². The van der Waals surface area contributed by atoms with Crippen molar-refractivity contribution >= 4 is 118 Å². The molecule has 15 aromatic rings. The number of amides is 1. The van der Waals surface area contributed by atoms with Gasteiger partial charge >= 0.3 is 0 Å². The first-order valence-corrected chi connectivity index (χ1v) is 51.3. The number of anilines is 10. The maximum atomic E-state index is 12.4. The third kappa shape index (κ3) is 30.6. The number of piperidine rings is 5. The number of ether oxygens (including phenoxy) is 4. The van der Waals surface area contributed by atoms with Crippen molar-refractivity contribution in [3.05, 3.63) is 294 Å². The Kier molecular flexibility index (Phi) is 37.4. The van der Waals surface area contributed by atoms with Crippen LogP contribution in [0.25, 0.3) is 53.9 Å². The maximum Gasteiger partial charge on any atom is 0.253 e. The number of carbonyl (C=O) groups excluding carboxylic acids is 1. The van der Waals surface area contributed by atoms with Crippen LogP contribution >= 0.6 is 0 Å². The van der Waals surface area contributed by atoms with Crippen LogP contribution in [0.15, 0.2) is 250 Å². The van der Waals surface area contributed by atoms with Crippen LogP contribution in [0.2, 0.25) is 0 Å². The Hall–Kier alpha value is -14.5. The number of aliphatic hydroxyl groups is 2. The number of nitrogens with two attached hydrogens (primary N) is 5. The fourth-order valence-corrected chi connectivity index (χ4v) is 19.1. The molecule has 0 radical (unpaired) electrons. The van der Waals surface area contributed by atoms with Gasteiger partial charge in [0.2, 0.25) is 0 Å². The predicted octanol–water partition coefficient (Wildman–Crippen LogP) is 17.7. The smallest absolute Gasteiger partial charge is 0.253 e. The van der Waals surface area contributed by atoms with Crippen LogP contribution in [0.5, 0.6) is 23.0 Å². The number of benzene rings is 8. The number of likely N-dealkylation sites (tertiary alicyclic amines) is 5. The second-order valence-electron chi connectivity index (χ2n) is 39.4. The first kappa shape index (κ1) is 104. The molecule has 30 nitrogen and oxygen atoms in total. The Morgan fingerprint density at radius 1 is 0.336 bits per heavy atom. The van der Waals surface area contributed by atoms with E-state index in [0.29, 0.717) is 97.5 Å². The molecule has 146 heavy (non-hydrogen) atoms. The second kappa shape index (κ2) is 52.3. The minimum atomic E-state index is -0.0562. The molecule has 18 N–H and O–H groups in total. The monoisotopic (exact) mass is 1970 g/mol. The number of nitrogen functional groups attached to an aromatic ring is 5. The summed E-state index contributed by atoms with van der Waals surface area (Å²) in [5.41, 5.74) is 40.9. The lowest BCUT2D eigenvalue weighted by Gasteiger charge is -2.29. The number of hydrogen-bond donors (Lipinski definition) is 13. The molecule has 5 aliphatic rings. The summed E-state index contributed by atoms with van der Waals surface area (Å²) in [7, 11) is 10.8. The van der Waals surface area contributed by atoms with Crippen LogP contribution in [0.4, 0.5) is 57.8 Å². The van der Waals surface area contributed by atoms with Crippen molar-refractivity contribution in [1.82, 2.24) is 64.7 Å². The molecule has 5 saturated heterocycles. The van der Waals surface area contributed by atoms with Crippen molar-refractivity contribution in [2.24, 2.45) is 23.7 Å². The number of rotatable bonds is 32. The van der Waals surface area contributed by atoms with Gasteiger partial charge in [0.15, 0.2) is 0 Å². The molecule has 30 heteroatoms. The van der Waals surface area contributed by atoms with Crippen LogP contribution in [0, 0.1) is 23.7 Å². The van der Waals surface area contributed by atoms with Gasteiger partial charge in [0.1, 0.15) is 63.7 Å². The van der Waals surface area contributed by atoms with Gasteiger partial charge < -0.3 is 114 Å². The third-order valence-electron chi connectivity index (χ3n) is 28.2. The van der Waals surface area contributed by atoms with E-state index in [9.17, 15) is 15.0 Å². The molecular weight excluding hydrogens is 1830 g/mol. The van der Waals surface area contributed by atoms with E-state index in [0.717, 1.165) is 226 Å². The van der Waals surface area contributed by atoms with E-state index >= 15 is 0 Å². The lowest BCUT2D eigenvalue weighted by molar-refractivity contribution is 0.0916. The Balaban J connectivity index is 0.000000131. The largest absolute Gasteiger partial charge is 0.493 e. The van der Waals surface area contributed by atoms with E-state index in [2.05, 4.69) is 199 Å². The Bertz CT molecular complexity index is 6720. The van der Waals surface area contributed by atoms with Gasteiger partial charge in [-0.2, -0.15) is 0 Å². The van der Waals surface area contributed by atoms with Crippen LogP contribution in [-0.4, -0.2) is 215 Å². The van der Waals surface area contributed by atoms with Crippen LogP contribution in [-0.2, 0) is 45.8 Å². The van der Waals surface area contributed by atoms with Gasteiger partial charge in [0.05, 0.1) is 44.8 Å². The lowest BCUT2D eigenvalue weighted by Crippen LogP contribution is -2.43. The lowest BCUT2D eigenvalue weighted by atomic mass is 9.98. The molecule has 12 heterocycles. The maximum absolute atomic E-state index is 12.4. The highest BCUT2D eigenvalue weighted by atomic mass is 16.5. The van der Waals surface area contributed by atoms with Crippen molar-refractivity contribution in [2.75, 3.05) is 189 Å². The number of nitrogens with zero attached hydrogens (tertiary/aromatic N) is 12. The zero-order valence-electron chi connectivity index (χ0n) is 84.9. The minimum Gasteiger partial charge on any atom is -0.493 e. The molecule has 0 saturated carbocycles. The predicted molar refractivity (Wildman–Crippen MR) is 593 cm³/mol. The van der Waals surface area contributed by atoms with Crippen molar-refractivity contribution in [3.63, 3.8) is 0 Å². The van der Waals surface area contributed by atoms with Crippen molar-refractivity contribution in [2.45, 2.75) is 116 Å². The fourth-order valence-electron chi connectivity index (χ4n) is 19.1. The summed E-state index contributed by atoms with van der Waals surface area (Å²) in [5.74, 6) is 10.2. The number of pyridine rings is 7. The van der Waals surface area contributed by atoms with Crippen molar-refractivity contribution in [1.29, 1.82) is 0 Å². The molecule has 1 atom stereocenters. The van der Waals surface area contributed by atoms with E-state index in [1.165, 1.54) is 74.8 Å². The van der Waals surface area contributed by atoms with Crippen molar-refractivity contribution < 1.29 is 34.0 Å². The Morgan fingerprint density at radius 3 is 1.07 bits per heavy atom. The average molecular weight is 1970 g/mol. The zero-order valence-corrected chi connectivity index (χ0v) is 84.9. The first-order chi connectivity index (χ1) is 71.2. The number of aromatic nitrogens is 7. The topological polar surface area (TPSA) is 403 Å². The fraction of sp³-hybridized carbons (Fsp3) is 0.362. The average Bonchev–Trinajstić information content (AvgIpc) is 0.827. The molecule has 7 aromatic heterocycles. The quantitative estimate of drug-likeness (QED) is 0.0186. The van der Waals surface area contributed by atoms with Gasteiger partial charge in [0.25, 0.3) is 5.91 Å². The molecule has 0 spiro atoms. The van der Waals surface area contributed by atoms with Crippen molar-refractivity contribution in [3.8, 4) is 23.0 Å². The standard InChI is InChI=1S/C25H32N4O2.C24H30N4O2.C23H28N4O.C22H26N6O.C22H27N5O/c1-29-11-7-18(8-12-29)17-31-24-5-3-22(15-21(24)9-13-30)28-16-19-2-4-23-20(14-19)6-10-27-25(23)26;1-28-10-7-17(8-11-28)16-30-23-5-3-21(13-20(23)15-29)27-14-18-2-4-22-19(12-18)6-9-26-24(22)25;1-27-12-9-17(10-13-27)16-28-21-5-3-20(4-6-21)26-15-18-2-7-22-19(14-18)8-11-25-23(22)24;1-28-10-7-18(8-11-28)27-22(29)17-3-5-20(26-14-17)25-13-15-2-4-19-16(12-15)6-9-24-21(19)23;1-27-10-2-3-17(14-27)15-28-19-5-7-21(26-13-19)25-12-16-4-6-20-18(11-16)8-9-24-22(20)23/h2-6,10,14-15,18,28,30H,7-9,11-13,16-17H2,1H3,(H2,26,27);2-6,9,12-13,17,27,29H,7-8,10-11,14-16H2,1H3,(H2,25,26);2-8,11,14,17,26H,9-10,12-13,15-16H2,1H3,(H2,24,25);2-6,9,12,14,18H,7-8,10-11,13H2,1H3,(H2,23,24)(H,25,26)(H,27,29);4-9,11,13,17H,2-3,10,12,14-15H2,1H3,(H2,23,24)(H,25,26). The van der Waals surface area contributed by atoms with Crippen LogP contribution < -0.4 is 79.5 Å².